The van der Waals surface area contributed by atoms with Crippen molar-refractivity contribution < 1.29 is 17.6 Å². The first-order chi connectivity index (χ1) is 14.8. The van der Waals surface area contributed by atoms with Gasteiger partial charge in [0.25, 0.3) is 5.91 Å². The lowest BCUT2D eigenvalue weighted by atomic mass is 10.0. The van der Waals surface area contributed by atoms with Crippen LogP contribution in [0.4, 0.5) is 0 Å². The topological polar surface area (TPSA) is 83.7 Å². The third kappa shape index (κ3) is 4.80. The Balaban J connectivity index is 1.75. The Labute approximate surface area is 182 Å². The number of nitrogens with zero attached hydrogens (tertiary/aromatic N) is 3. The molecule has 1 unspecified atom stereocenters. The highest BCUT2D eigenvalue weighted by atomic mass is 32.2. The molecule has 1 atom stereocenters. The van der Waals surface area contributed by atoms with Crippen molar-refractivity contribution in [2.24, 2.45) is 0 Å². The maximum Gasteiger partial charge on any atom is 0.254 e. The summed E-state index contributed by atoms with van der Waals surface area (Å²) >= 11 is 0. The van der Waals surface area contributed by atoms with Gasteiger partial charge in [0.2, 0.25) is 0 Å². The molecule has 8 heteroatoms. The maximum absolute atomic E-state index is 13.8. The molecule has 3 heterocycles. The minimum absolute atomic E-state index is 0.0226. The van der Waals surface area contributed by atoms with E-state index in [0.29, 0.717) is 35.5 Å². The molecule has 0 aliphatic carbocycles. The number of furan rings is 1. The van der Waals surface area contributed by atoms with Gasteiger partial charge in [0, 0.05) is 18.0 Å². The van der Waals surface area contributed by atoms with E-state index in [1.807, 2.05) is 44.4 Å². The van der Waals surface area contributed by atoms with Crippen molar-refractivity contribution in [3.63, 3.8) is 0 Å². The number of rotatable bonds is 7. The van der Waals surface area contributed by atoms with Crippen LogP contribution in [0.3, 0.4) is 0 Å². The summed E-state index contributed by atoms with van der Waals surface area (Å²) in [5.74, 6) is 0.577. The zero-order chi connectivity index (χ0) is 22.0. The minimum Gasteiger partial charge on any atom is -0.463 e. The van der Waals surface area contributed by atoms with Gasteiger partial charge in [-0.3, -0.25) is 4.79 Å². The Kier molecular flexibility index (Phi) is 6.11. The summed E-state index contributed by atoms with van der Waals surface area (Å²) in [5.41, 5.74) is 1.80. The van der Waals surface area contributed by atoms with Gasteiger partial charge < -0.3 is 14.2 Å². The van der Waals surface area contributed by atoms with Crippen molar-refractivity contribution in [1.29, 1.82) is 0 Å². The number of sulfone groups is 1. The fourth-order valence-corrected chi connectivity index (χ4v) is 5.82. The Morgan fingerprint density at radius 2 is 1.97 bits per heavy atom. The van der Waals surface area contributed by atoms with Gasteiger partial charge in [-0.1, -0.05) is 18.2 Å². The van der Waals surface area contributed by atoms with Crippen LogP contribution in [0.1, 0.15) is 23.2 Å². The second-order valence-electron chi connectivity index (χ2n) is 8.26. The number of hydrogen-bond acceptors (Lipinski definition) is 6. The largest absolute Gasteiger partial charge is 0.463 e. The maximum atomic E-state index is 13.8. The Morgan fingerprint density at radius 1 is 1.16 bits per heavy atom. The molecule has 1 aromatic carbocycles. The van der Waals surface area contributed by atoms with Crippen molar-refractivity contribution in [2.75, 3.05) is 38.7 Å². The summed E-state index contributed by atoms with van der Waals surface area (Å²) in [7, 11) is 0.853. The van der Waals surface area contributed by atoms with Crippen molar-refractivity contribution in [3.8, 4) is 11.5 Å². The minimum atomic E-state index is -3.12. The molecular weight excluding hydrogens is 414 g/mol. The van der Waals surface area contributed by atoms with Crippen molar-refractivity contribution in [2.45, 2.75) is 18.9 Å². The molecule has 0 saturated carbocycles. The van der Waals surface area contributed by atoms with Crippen molar-refractivity contribution in [3.05, 3.63) is 54.3 Å². The van der Waals surface area contributed by atoms with E-state index in [1.165, 1.54) is 0 Å². The molecule has 0 spiro atoms. The van der Waals surface area contributed by atoms with Crippen LogP contribution in [0.2, 0.25) is 0 Å². The van der Waals surface area contributed by atoms with Gasteiger partial charge in [-0.05, 0) is 57.7 Å². The summed E-state index contributed by atoms with van der Waals surface area (Å²) in [5, 5.41) is 0.751. The Hall–Kier alpha value is -2.71. The zero-order valence-electron chi connectivity index (χ0n) is 17.8. The summed E-state index contributed by atoms with van der Waals surface area (Å²) in [6, 6.07) is 12.6. The van der Waals surface area contributed by atoms with E-state index < -0.39 is 9.84 Å². The Bertz CT molecular complexity index is 1170. The van der Waals surface area contributed by atoms with Crippen LogP contribution in [-0.2, 0) is 9.84 Å². The van der Waals surface area contributed by atoms with Gasteiger partial charge in [-0.2, -0.15) is 0 Å². The highest BCUT2D eigenvalue weighted by Crippen LogP contribution is 2.28. The molecular formula is C23H27N3O4S. The molecule has 1 amide bonds. The molecule has 1 aliphatic heterocycles. The van der Waals surface area contributed by atoms with Crippen LogP contribution < -0.4 is 0 Å². The fourth-order valence-electron chi connectivity index (χ4n) is 4.09. The van der Waals surface area contributed by atoms with Gasteiger partial charge in [0.1, 0.15) is 5.69 Å². The quantitative estimate of drug-likeness (QED) is 0.560. The highest BCUT2D eigenvalue weighted by molar-refractivity contribution is 7.91. The molecule has 0 N–H and O–H groups in total. The number of pyridine rings is 1. The summed E-state index contributed by atoms with van der Waals surface area (Å²) in [4.78, 5) is 22.3. The second kappa shape index (κ2) is 8.80. The third-order valence-electron chi connectivity index (χ3n) is 5.63. The van der Waals surface area contributed by atoms with Crippen LogP contribution in [0.25, 0.3) is 22.4 Å². The summed E-state index contributed by atoms with van der Waals surface area (Å²) < 4.78 is 29.8. The van der Waals surface area contributed by atoms with Gasteiger partial charge in [0.15, 0.2) is 15.6 Å². The lowest BCUT2D eigenvalue weighted by Gasteiger charge is -2.29. The average Bonchev–Trinajstić information content (AvgIpc) is 3.39. The summed E-state index contributed by atoms with van der Waals surface area (Å²) in [6.45, 7) is 1.32. The number of carbonyl (C=O) groups excluding carboxylic acids is 1. The predicted octanol–water partition coefficient (Wildman–Crippen LogP) is 3.08. The van der Waals surface area contributed by atoms with E-state index in [9.17, 15) is 13.2 Å². The SMILES string of the molecule is CN(C)CCCN(C(=O)c1cc(-c2ccco2)nc2ccccc12)C1CCS(=O)(=O)C1. The molecule has 31 heavy (non-hydrogen) atoms. The first kappa shape index (κ1) is 21.5. The number of aromatic nitrogens is 1. The van der Waals surface area contributed by atoms with E-state index in [1.54, 1.807) is 23.3 Å². The predicted molar refractivity (Wildman–Crippen MR) is 121 cm³/mol. The van der Waals surface area contributed by atoms with E-state index in [-0.39, 0.29) is 23.5 Å². The number of hydrogen-bond donors (Lipinski definition) is 0. The second-order valence-corrected chi connectivity index (χ2v) is 10.5. The molecule has 1 fully saturated rings. The zero-order valence-corrected chi connectivity index (χ0v) is 18.6. The smallest absolute Gasteiger partial charge is 0.254 e. The van der Waals surface area contributed by atoms with Gasteiger partial charge in [0.05, 0.1) is 28.8 Å². The van der Waals surface area contributed by atoms with E-state index in [4.69, 9.17) is 4.42 Å². The number of amides is 1. The van der Waals surface area contributed by atoms with Crippen LogP contribution in [0, 0.1) is 0 Å². The number of benzene rings is 1. The molecule has 1 saturated heterocycles. The van der Waals surface area contributed by atoms with Crippen LogP contribution in [-0.4, -0.2) is 73.8 Å². The van der Waals surface area contributed by atoms with Gasteiger partial charge in [-0.25, -0.2) is 13.4 Å². The lowest BCUT2D eigenvalue weighted by Crippen LogP contribution is -2.42. The molecule has 164 valence electrons. The van der Waals surface area contributed by atoms with E-state index >= 15 is 0 Å². The number of fused-ring (bicyclic) bond motifs is 1. The molecule has 0 radical (unpaired) electrons. The third-order valence-corrected chi connectivity index (χ3v) is 7.38. The monoisotopic (exact) mass is 441 g/mol. The first-order valence-corrected chi connectivity index (χ1v) is 12.3. The molecule has 2 aromatic heterocycles. The van der Waals surface area contributed by atoms with Crippen LogP contribution in [0.15, 0.2) is 53.1 Å². The molecule has 0 bridgehead atoms. The fraction of sp³-hybridized carbons (Fsp3) is 0.391. The highest BCUT2D eigenvalue weighted by Gasteiger charge is 2.35. The molecule has 1 aliphatic rings. The van der Waals surface area contributed by atoms with Crippen molar-refractivity contribution >= 4 is 26.6 Å². The van der Waals surface area contributed by atoms with E-state index in [2.05, 4.69) is 9.88 Å². The van der Waals surface area contributed by atoms with E-state index in [0.717, 1.165) is 18.4 Å². The van der Waals surface area contributed by atoms with Gasteiger partial charge >= 0.3 is 0 Å². The summed E-state index contributed by atoms with van der Waals surface area (Å²) in [6.07, 6.45) is 2.82. The molecule has 7 nitrogen and oxygen atoms in total. The standard InChI is InChI=1S/C23H27N3O4S/c1-25(2)11-6-12-26(17-10-14-31(28,29)16-17)23(27)19-15-21(22-9-5-13-30-22)24-20-8-4-3-7-18(19)20/h3-5,7-9,13,15,17H,6,10-12,14,16H2,1-2H3. The lowest BCUT2D eigenvalue weighted by molar-refractivity contribution is 0.0692. The normalized spacial score (nSPS) is 18.0. The van der Waals surface area contributed by atoms with Gasteiger partial charge in [-0.15, -0.1) is 0 Å². The number of carbonyl (C=O) groups is 1. The molecule has 3 aromatic rings. The van der Waals surface area contributed by atoms with Crippen LogP contribution >= 0.6 is 0 Å². The first-order valence-electron chi connectivity index (χ1n) is 10.4. The average molecular weight is 442 g/mol. The number of para-hydroxylation sites is 1. The van der Waals surface area contributed by atoms with Crippen LogP contribution in [0.5, 0.6) is 0 Å². The van der Waals surface area contributed by atoms with Crippen molar-refractivity contribution in [1.82, 2.24) is 14.8 Å². The Morgan fingerprint density at radius 3 is 2.65 bits per heavy atom. The molecule has 4 rings (SSSR count).